The zero-order valence-corrected chi connectivity index (χ0v) is 9.29. The lowest BCUT2D eigenvalue weighted by atomic mass is 9.85. The fourth-order valence-corrected chi connectivity index (χ4v) is 3.38. The maximum absolute atomic E-state index is 2.64. The van der Waals surface area contributed by atoms with Crippen molar-refractivity contribution in [2.75, 3.05) is 7.05 Å². The van der Waals surface area contributed by atoms with Crippen LogP contribution in [-0.2, 0) is 0 Å². The highest BCUT2D eigenvalue weighted by atomic mass is 15.2. The molecule has 2 aliphatic rings. The van der Waals surface area contributed by atoms with Crippen LogP contribution in [0.4, 0.5) is 0 Å². The van der Waals surface area contributed by atoms with Crippen LogP contribution in [0.25, 0.3) is 0 Å². The highest BCUT2D eigenvalue weighted by Gasteiger charge is 2.38. The van der Waals surface area contributed by atoms with Crippen molar-refractivity contribution in [2.45, 2.75) is 58.0 Å². The van der Waals surface area contributed by atoms with Gasteiger partial charge in [0.05, 0.1) is 0 Å². The van der Waals surface area contributed by atoms with Gasteiger partial charge in [0.2, 0.25) is 0 Å². The molecule has 2 bridgehead atoms. The van der Waals surface area contributed by atoms with E-state index in [0.29, 0.717) is 0 Å². The van der Waals surface area contributed by atoms with Crippen LogP contribution in [0.5, 0.6) is 0 Å². The quantitative estimate of drug-likeness (QED) is 0.633. The lowest BCUT2D eigenvalue weighted by Gasteiger charge is -2.37. The SMILES string of the molecule is CC(C)C[C@H]1C[C@H]2CC[C@@H](C1)N2C. The Morgan fingerprint density at radius 3 is 2.15 bits per heavy atom. The van der Waals surface area contributed by atoms with Gasteiger partial charge in [-0.3, -0.25) is 0 Å². The molecule has 0 aromatic rings. The second-order valence-corrected chi connectivity index (χ2v) is 5.52. The van der Waals surface area contributed by atoms with Gasteiger partial charge < -0.3 is 4.90 Å². The van der Waals surface area contributed by atoms with Crippen molar-refractivity contribution >= 4 is 0 Å². The second kappa shape index (κ2) is 3.61. The van der Waals surface area contributed by atoms with Crippen molar-refractivity contribution in [1.29, 1.82) is 0 Å². The molecule has 0 unspecified atom stereocenters. The first kappa shape index (κ1) is 9.51. The van der Waals surface area contributed by atoms with Crippen LogP contribution in [0, 0.1) is 11.8 Å². The minimum absolute atomic E-state index is 0.896. The molecule has 0 aromatic carbocycles. The largest absolute Gasteiger partial charge is 0.300 e. The van der Waals surface area contributed by atoms with Crippen LogP contribution in [0.2, 0.25) is 0 Å². The molecule has 2 fully saturated rings. The number of fused-ring (bicyclic) bond motifs is 2. The second-order valence-electron chi connectivity index (χ2n) is 5.52. The van der Waals surface area contributed by atoms with Gasteiger partial charge in [-0.05, 0) is 51.0 Å². The summed E-state index contributed by atoms with van der Waals surface area (Å²) in [6.45, 7) is 4.72. The van der Waals surface area contributed by atoms with E-state index in [9.17, 15) is 0 Å². The lowest BCUT2D eigenvalue weighted by Crippen LogP contribution is -2.40. The fourth-order valence-electron chi connectivity index (χ4n) is 3.38. The maximum Gasteiger partial charge on any atom is 0.00983 e. The summed E-state index contributed by atoms with van der Waals surface area (Å²) < 4.78 is 0. The smallest absolute Gasteiger partial charge is 0.00983 e. The minimum Gasteiger partial charge on any atom is -0.300 e. The van der Waals surface area contributed by atoms with Crippen LogP contribution in [0.1, 0.15) is 46.0 Å². The van der Waals surface area contributed by atoms with Gasteiger partial charge in [0.1, 0.15) is 0 Å². The molecule has 1 nitrogen and oxygen atoms in total. The van der Waals surface area contributed by atoms with E-state index in [1.807, 2.05) is 0 Å². The zero-order chi connectivity index (χ0) is 9.42. The van der Waals surface area contributed by atoms with Crippen molar-refractivity contribution in [3.63, 3.8) is 0 Å². The van der Waals surface area contributed by atoms with E-state index in [1.165, 1.54) is 32.1 Å². The molecule has 0 aliphatic carbocycles. The number of nitrogens with zero attached hydrogens (tertiary/aromatic N) is 1. The zero-order valence-electron chi connectivity index (χ0n) is 9.29. The van der Waals surface area contributed by atoms with Gasteiger partial charge in [-0.1, -0.05) is 13.8 Å². The Balaban J connectivity index is 1.91. The third kappa shape index (κ3) is 1.90. The maximum atomic E-state index is 2.64. The number of hydrogen-bond acceptors (Lipinski definition) is 1. The molecule has 0 amide bonds. The molecule has 1 heteroatoms. The van der Waals surface area contributed by atoms with E-state index in [2.05, 4.69) is 25.8 Å². The van der Waals surface area contributed by atoms with Crippen LogP contribution in [-0.4, -0.2) is 24.0 Å². The normalized spacial score (nSPS) is 40.2. The summed E-state index contributed by atoms with van der Waals surface area (Å²) >= 11 is 0. The summed E-state index contributed by atoms with van der Waals surface area (Å²) in [7, 11) is 2.33. The topological polar surface area (TPSA) is 3.24 Å². The molecule has 2 aliphatic heterocycles. The predicted molar refractivity (Wildman–Crippen MR) is 56.8 cm³/mol. The van der Waals surface area contributed by atoms with Gasteiger partial charge >= 0.3 is 0 Å². The van der Waals surface area contributed by atoms with Gasteiger partial charge in [-0.25, -0.2) is 0 Å². The summed E-state index contributed by atoms with van der Waals surface area (Å²) in [4.78, 5) is 2.64. The Labute approximate surface area is 82.5 Å². The average molecular weight is 181 g/mol. The standard InChI is InChI=1S/C12H23N/c1-9(2)6-10-7-11-4-5-12(8-10)13(11)3/h9-12H,4-8H2,1-3H3/t10-,11+,12-. The molecule has 0 radical (unpaired) electrons. The highest BCUT2D eigenvalue weighted by molar-refractivity contribution is 4.93. The van der Waals surface area contributed by atoms with Gasteiger partial charge in [0.25, 0.3) is 0 Å². The molecular formula is C12H23N. The molecule has 0 spiro atoms. The number of hydrogen-bond donors (Lipinski definition) is 0. The average Bonchev–Trinajstić information content (AvgIpc) is 2.33. The van der Waals surface area contributed by atoms with Gasteiger partial charge in [0.15, 0.2) is 0 Å². The Morgan fingerprint density at radius 2 is 1.69 bits per heavy atom. The molecular weight excluding hydrogens is 158 g/mol. The fraction of sp³-hybridized carbons (Fsp3) is 1.00. The molecule has 3 atom stereocenters. The first-order valence-electron chi connectivity index (χ1n) is 5.88. The molecule has 13 heavy (non-hydrogen) atoms. The highest BCUT2D eigenvalue weighted by Crippen LogP contribution is 2.39. The van der Waals surface area contributed by atoms with Gasteiger partial charge in [-0.2, -0.15) is 0 Å². The molecule has 0 aromatic heterocycles. The van der Waals surface area contributed by atoms with Crippen molar-refractivity contribution in [2.24, 2.45) is 11.8 Å². The molecule has 76 valence electrons. The summed E-state index contributed by atoms with van der Waals surface area (Å²) in [6.07, 6.45) is 7.35. The minimum atomic E-state index is 0.896. The van der Waals surface area contributed by atoms with Crippen molar-refractivity contribution in [3.8, 4) is 0 Å². The molecule has 2 saturated heterocycles. The van der Waals surface area contributed by atoms with E-state index >= 15 is 0 Å². The van der Waals surface area contributed by atoms with E-state index in [4.69, 9.17) is 0 Å². The van der Waals surface area contributed by atoms with Crippen molar-refractivity contribution < 1.29 is 0 Å². The van der Waals surface area contributed by atoms with Crippen molar-refractivity contribution in [1.82, 2.24) is 4.90 Å². The van der Waals surface area contributed by atoms with Crippen LogP contribution >= 0.6 is 0 Å². The summed E-state index contributed by atoms with van der Waals surface area (Å²) in [6, 6.07) is 1.87. The van der Waals surface area contributed by atoms with Gasteiger partial charge in [0, 0.05) is 12.1 Å². The van der Waals surface area contributed by atoms with E-state index < -0.39 is 0 Å². The molecule has 0 saturated carbocycles. The van der Waals surface area contributed by atoms with Gasteiger partial charge in [-0.15, -0.1) is 0 Å². The molecule has 2 heterocycles. The third-order valence-corrected chi connectivity index (χ3v) is 4.00. The Kier molecular flexibility index (Phi) is 2.64. The number of rotatable bonds is 2. The van der Waals surface area contributed by atoms with Crippen LogP contribution < -0.4 is 0 Å². The Bertz CT molecular complexity index is 162. The van der Waals surface area contributed by atoms with Crippen molar-refractivity contribution in [3.05, 3.63) is 0 Å². The summed E-state index contributed by atoms with van der Waals surface area (Å²) in [5, 5.41) is 0. The Morgan fingerprint density at radius 1 is 1.15 bits per heavy atom. The first-order chi connectivity index (χ1) is 6.16. The number of piperidine rings is 1. The molecule has 2 rings (SSSR count). The Hall–Kier alpha value is -0.0400. The molecule has 0 N–H and O–H groups in total. The van der Waals surface area contributed by atoms with Crippen LogP contribution in [0.3, 0.4) is 0 Å². The predicted octanol–water partition coefficient (Wildman–Crippen LogP) is 2.91. The van der Waals surface area contributed by atoms with E-state index in [1.54, 1.807) is 0 Å². The third-order valence-electron chi connectivity index (χ3n) is 4.00. The first-order valence-corrected chi connectivity index (χ1v) is 5.88. The summed E-state index contributed by atoms with van der Waals surface area (Å²) in [5.74, 6) is 1.93. The monoisotopic (exact) mass is 181 g/mol. The van der Waals surface area contributed by atoms with E-state index in [0.717, 1.165) is 23.9 Å². The summed E-state index contributed by atoms with van der Waals surface area (Å²) in [5.41, 5.74) is 0. The van der Waals surface area contributed by atoms with Crippen LogP contribution in [0.15, 0.2) is 0 Å². The lowest BCUT2D eigenvalue weighted by molar-refractivity contribution is 0.123. The van der Waals surface area contributed by atoms with E-state index in [-0.39, 0.29) is 0 Å².